The van der Waals surface area contributed by atoms with Crippen molar-refractivity contribution in [3.63, 3.8) is 0 Å². The molecule has 0 fully saturated rings. The second-order valence-electron chi connectivity index (χ2n) is 4.72. The van der Waals surface area contributed by atoms with Gasteiger partial charge in [-0.2, -0.15) is 0 Å². The minimum absolute atomic E-state index is 0.0642. The zero-order chi connectivity index (χ0) is 13.5. The number of hydrogen-bond acceptors (Lipinski definition) is 5. The lowest BCUT2D eigenvalue weighted by molar-refractivity contribution is 0.170. The van der Waals surface area contributed by atoms with Gasteiger partial charge in [0.1, 0.15) is 11.6 Å². The minimum atomic E-state index is 0.0642. The van der Waals surface area contributed by atoms with Crippen LogP contribution in [0.15, 0.2) is 6.07 Å². The van der Waals surface area contributed by atoms with E-state index in [0.717, 1.165) is 17.3 Å². The maximum atomic E-state index is 9.01. The zero-order valence-corrected chi connectivity index (χ0v) is 11.6. The highest BCUT2D eigenvalue weighted by molar-refractivity contribution is 5.37. The molecular weight excluding hydrogens is 230 g/mol. The molecule has 1 heterocycles. The van der Waals surface area contributed by atoms with Gasteiger partial charge in [0.2, 0.25) is 0 Å². The average molecular weight is 253 g/mol. The smallest absolute Gasteiger partial charge is 0.133 e. The molecule has 18 heavy (non-hydrogen) atoms. The van der Waals surface area contributed by atoms with Gasteiger partial charge < -0.3 is 15.2 Å². The number of aryl methyl sites for hydroxylation is 1. The zero-order valence-electron chi connectivity index (χ0n) is 11.6. The summed E-state index contributed by atoms with van der Waals surface area (Å²) in [6, 6.07) is 1.97. The highest BCUT2D eigenvalue weighted by Gasteiger charge is 2.11. The molecular formula is C13H23N3O2. The van der Waals surface area contributed by atoms with Crippen LogP contribution in [0.25, 0.3) is 0 Å². The molecule has 5 nitrogen and oxygen atoms in total. The Bertz CT molecular complexity index is 363. The first-order valence-electron chi connectivity index (χ1n) is 6.28. The molecule has 1 unspecified atom stereocenters. The van der Waals surface area contributed by atoms with E-state index in [9.17, 15) is 0 Å². The van der Waals surface area contributed by atoms with E-state index in [1.165, 1.54) is 0 Å². The molecule has 0 aliphatic rings. The van der Waals surface area contributed by atoms with Gasteiger partial charge in [0.15, 0.2) is 0 Å². The van der Waals surface area contributed by atoms with Gasteiger partial charge in [-0.3, -0.25) is 0 Å². The lowest BCUT2D eigenvalue weighted by atomic mass is 10.2. The molecule has 1 aromatic rings. The van der Waals surface area contributed by atoms with Crippen LogP contribution in [0.5, 0.6) is 0 Å². The first-order chi connectivity index (χ1) is 8.56. The van der Waals surface area contributed by atoms with Gasteiger partial charge in [0.25, 0.3) is 0 Å². The van der Waals surface area contributed by atoms with Crippen molar-refractivity contribution in [3.8, 4) is 0 Å². The number of rotatable bonds is 7. The van der Waals surface area contributed by atoms with Crippen LogP contribution in [-0.2, 0) is 4.74 Å². The molecule has 0 aromatic carbocycles. The quantitative estimate of drug-likeness (QED) is 0.774. The lowest BCUT2D eigenvalue weighted by Crippen LogP contribution is -2.27. The summed E-state index contributed by atoms with van der Waals surface area (Å²) in [5.74, 6) is 1.92. The fraction of sp³-hybridized carbons (Fsp3) is 0.692. The molecule has 0 radical (unpaired) electrons. The molecule has 1 rings (SSSR count). The number of hydrogen-bond donors (Lipinski definition) is 2. The van der Waals surface area contributed by atoms with Crippen molar-refractivity contribution in [1.29, 1.82) is 0 Å². The summed E-state index contributed by atoms with van der Waals surface area (Å²) in [5, 5.41) is 12.3. The number of aromatic nitrogens is 2. The van der Waals surface area contributed by atoms with Crippen molar-refractivity contribution in [2.75, 3.05) is 25.6 Å². The van der Waals surface area contributed by atoms with Crippen molar-refractivity contribution in [2.24, 2.45) is 0 Å². The highest BCUT2D eigenvalue weighted by atomic mass is 16.5. The summed E-state index contributed by atoms with van der Waals surface area (Å²) in [5.41, 5.74) is 0.941. The summed E-state index contributed by atoms with van der Waals surface area (Å²) in [6.45, 7) is 6.76. The number of nitrogens with one attached hydrogen (secondary N) is 1. The Hall–Kier alpha value is -1.20. The predicted octanol–water partition coefficient (Wildman–Crippen LogP) is 1.72. The number of aliphatic hydroxyl groups is 1. The molecule has 0 aliphatic carbocycles. The molecule has 0 amide bonds. The second kappa shape index (κ2) is 7.28. The van der Waals surface area contributed by atoms with Gasteiger partial charge in [-0.25, -0.2) is 9.97 Å². The molecule has 5 heteroatoms. The molecule has 0 saturated heterocycles. The monoisotopic (exact) mass is 253 g/mol. The Morgan fingerprint density at radius 3 is 2.67 bits per heavy atom. The Labute approximate surface area is 109 Å². The van der Waals surface area contributed by atoms with Gasteiger partial charge in [-0.15, -0.1) is 0 Å². The maximum Gasteiger partial charge on any atom is 0.133 e. The summed E-state index contributed by atoms with van der Waals surface area (Å²) in [6.07, 6.45) is 0.633. The first-order valence-corrected chi connectivity index (χ1v) is 6.28. The molecule has 0 saturated carbocycles. The topological polar surface area (TPSA) is 67.3 Å². The highest BCUT2D eigenvalue weighted by Crippen LogP contribution is 2.14. The van der Waals surface area contributed by atoms with E-state index in [4.69, 9.17) is 9.84 Å². The summed E-state index contributed by atoms with van der Waals surface area (Å²) >= 11 is 0. The Kier molecular flexibility index (Phi) is 6.01. The summed E-state index contributed by atoms with van der Waals surface area (Å²) in [7, 11) is 1.65. The van der Waals surface area contributed by atoms with Gasteiger partial charge in [-0.1, -0.05) is 13.8 Å². The Balaban J connectivity index is 2.81. The fourth-order valence-corrected chi connectivity index (χ4v) is 1.69. The van der Waals surface area contributed by atoms with Crippen LogP contribution in [0.3, 0.4) is 0 Å². The SMILES string of the molecule is COCC(CCO)Nc1cc(C)nc(C(C)C)n1. The lowest BCUT2D eigenvalue weighted by Gasteiger charge is -2.18. The molecule has 0 aliphatic heterocycles. The molecule has 1 atom stereocenters. The van der Waals surface area contributed by atoms with Crippen molar-refractivity contribution >= 4 is 5.82 Å². The third-order valence-electron chi connectivity index (χ3n) is 2.59. The number of nitrogens with zero attached hydrogens (tertiary/aromatic N) is 2. The molecule has 0 bridgehead atoms. The van der Waals surface area contributed by atoms with Crippen LogP contribution in [0.2, 0.25) is 0 Å². The normalized spacial score (nSPS) is 12.8. The van der Waals surface area contributed by atoms with Crippen molar-refractivity contribution in [3.05, 3.63) is 17.6 Å². The van der Waals surface area contributed by atoms with Crippen molar-refractivity contribution < 1.29 is 9.84 Å². The van der Waals surface area contributed by atoms with E-state index < -0.39 is 0 Å². The van der Waals surface area contributed by atoms with Gasteiger partial charge in [0.05, 0.1) is 12.6 Å². The first kappa shape index (κ1) is 14.9. The van der Waals surface area contributed by atoms with E-state index in [1.54, 1.807) is 7.11 Å². The third kappa shape index (κ3) is 4.58. The van der Waals surface area contributed by atoms with E-state index >= 15 is 0 Å². The maximum absolute atomic E-state index is 9.01. The minimum Gasteiger partial charge on any atom is -0.396 e. The largest absolute Gasteiger partial charge is 0.396 e. The van der Waals surface area contributed by atoms with Crippen LogP contribution in [0.4, 0.5) is 5.82 Å². The van der Waals surface area contributed by atoms with Gasteiger partial charge in [-0.05, 0) is 13.3 Å². The number of ether oxygens (including phenoxy) is 1. The van der Waals surface area contributed by atoms with Crippen LogP contribution in [0.1, 0.15) is 37.7 Å². The van der Waals surface area contributed by atoms with Crippen molar-refractivity contribution in [1.82, 2.24) is 9.97 Å². The van der Waals surface area contributed by atoms with E-state index in [-0.39, 0.29) is 12.6 Å². The van der Waals surface area contributed by atoms with Crippen LogP contribution >= 0.6 is 0 Å². The summed E-state index contributed by atoms with van der Waals surface area (Å²) < 4.78 is 5.12. The number of methoxy groups -OCH3 is 1. The van der Waals surface area contributed by atoms with Crippen molar-refractivity contribution in [2.45, 2.75) is 39.2 Å². The Morgan fingerprint density at radius 2 is 2.11 bits per heavy atom. The third-order valence-corrected chi connectivity index (χ3v) is 2.59. The fourth-order valence-electron chi connectivity index (χ4n) is 1.69. The van der Waals surface area contributed by atoms with Gasteiger partial charge >= 0.3 is 0 Å². The van der Waals surface area contributed by atoms with Crippen LogP contribution < -0.4 is 5.32 Å². The van der Waals surface area contributed by atoms with Gasteiger partial charge in [0, 0.05) is 31.4 Å². The van der Waals surface area contributed by atoms with Crippen LogP contribution in [0, 0.1) is 6.92 Å². The van der Waals surface area contributed by atoms with E-state index in [2.05, 4.69) is 29.1 Å². The van der Waals surface area contributed by atoms with E-state index in [1.807, 2.05) is 13.0 Å². The molecule has 102 valence electrons. The molecule has 1 aromatic heterocycles. The molecule has 2 N–H and O–H groups in total. The average Bonchev–Trinajstić information content (AvgIpc) is 2.28. The number of anilines is 1. The Morgan fingerprint density at radius 1 is 1.39 bits per heavy atom. The predicted molar refractivity (Wildman–Crippen MR) is 71.8 cm³/mol. The number of aliphatic hydroxyl groups excluding tert-OH is 1. The molecule has 0 spiro atoms. The van der Waals surface area contributed by atoms with E-state index in [0.29, 0.717) is 18.9 Å². The summed E-state index contributed by atoms with van der Waals surface area (Å²) in [4.78, 5) is 8.88. The van der Waals surface area contributed by atoms with Crippen LogP contribution in [-0.4, -0.2) is 41.4 Å². The second-order valence-corrected chi connectivity index (χ2v) is 4.72. The standard InChI is InChI=1S/C13H23N3O2/c1-9(2)13-14-10(3)7-12(16-13)15-11(5-6-17)8-18-4/h7,9,11,17H,5-6,8H2,1-4H3,(H,14,15,16).